The molecule has 0 saturated heterocycles. The Morgan fingerprint density at radius 1 is 1.20 bits per heavy atom. The second-order valence-corrected chi connectivity index (χ2v) is 9.85. The fourth-order valence-electron chi connectivity index (χ4n) is 3.18. The van der Waals surface area contributed by atoms with Crippen molar-refractivity contribution in [1.29, 1.82) is 0 Å². The van der Waals surface area contributed by atoms with Gasteiger partial charge in [-0.1, -0.05) is 58.9 Å². The molecule has 0 aliphatic carbocycles. The molecule has 1 N–H and O–H groups in total. The van der Waals surface area contributed by atoms with Crippen LogP contribution in [0.1, 0.15) is 18.9 Å². The number of amides is 1. The van der Waals surface area contributed by atoms with Gasteiger partial charge in [-0.05, 0) is 48.7 Å². The largest absolute Gasteiger partial charge is 0.325 e. The summed E-state index contributed by atoms with van der Waals surface area (Å²) in [5.41, 5.74) is 4.14. The van der Waals surface area contributed by atoms with Gasteiger partial charge in [0.05, 0.1) is 10.6 Å². The zero-order chi connectivity index (χ0) is 21.1. The third-order valence-electron chi connectivity index (χ3n) is 4.69. The Balaban J connectivity index is 1.64. The molecule has 152 valence electrons. The molecule has 2 aromatic carbocycles. The van der Waals surface area contributed by atoms with Crippen LogP contribution in [0.2, 0.25) is 0 Å². The fraction of sp³-hybridized carbons (Fsp3) is 0.174. The molecule has 4 aromatic rings. The van der Waals surface area contributed by atoms with Gasteiger partial charge in [0.2, 0.25) is 5.91 Å². The van der Waals surface area contributed by atoms with Gasteiger partial charge in [-0.3, -0.25) is 4.79 Å². The molecule has 0 saturated carbocycles. The number of halogens is 1. The topological polar surface area (TPSA) is 54.9 Å². The molecule has 1 atom stereocenters. The van der Waals surface area contributed by atoms with Crippen molar-refractivity contribution in [2.75, 3.05) is 5.32 Å². The van der Waals surface area contributed by atoms with E-state index in [1.807, 2.05) is 50.2 Å². The molecule has 30 heavy (non-hydrogen) atoms. The maximum Gasteiger partial charge on any atom is 0.237 e. The lowest BCUT2D eigenvalue weighted by Gasteiger charge is -2.15. The number of nitrogens with zero attached hydrogens (tertiary/aromatic N) is 2. The first kappa shape index (κ1) is 21.0. The number of benzene rings is 2. The zero-order valence-electron chi connectivity index (χ0n) is 16.6. The monoisotopic (exact) mass is 497 g/mol. The van der Waals surface area contributed by atoms with Gasteiger partial charge in [-0.2, -0.15) is 0 Å². The molecule has 0 fully saturated rings. The van der Waals surface area contributed by atoms with E-state index in [0.717, 1.165) is 42.1 Å². The predicted molar refractivity (Wildman–Crippen MR) is 130 cm³/mol. The number of anilines is 1. The lowest BCUT2D eigenvalue weighted by atomic mass is 10.1. The van der Waals surface area contributed by atoms with Gasteiger partial charge < -0.3 is 5.32 Å². The molecule has 7 heteroatoms. The number of hydrogen-bond donors (Lipinski definition) is 1. The normalized spacial score (nSPS) is 12.1. The maximum absolute atomic E-state index is 12.9. The highest BCUT2D eigenvalue weighted by Gasteiger charge is 2.22. The summed E-state index contributed by atoms with van der Waals surface area (Å²) < 4.78 is 1.04. The molecule has 0 radical (unpaired) electrons. The number of aromatic nitrogens is 2. The van der Waals surface area contributed by atoms with Crippen molar-refractivity contribution in [3.63, 3.8) is 0 Å². The molecule has 4 nitrogen and oxygen atoms in total. The SMILES string of the molecule is CCC(Sc1ncnc2scc(-c3ccc(Br)cc3)c12)C(=O)Nc1cccc(C)c1. The number of carbonyl (C=O) groups excluding carboxylic acids is 1. The molecular formula is C23H20BrN3OS2. The highest BCUT2D eigenvalue weighted by molar-refractivity contribution is 9.10. The lowest BCUT2D eigenvalue weighted by Crippen LogP contribution is -2.24. The van der Waals surface area contributed by atoms with E-state index >= 15 is 0 Å². The highest BCUT2D eigenvalue weighted by atomic mass is 79.9. The van der Waals surface area contributed by atoms with Crippen molar-refractivity contribution in [2.24, 2.45) is 0 Å². The molecule has 0 spiro atoms. The molecule has 0 aliphatic rings. The van der Waals surface area contributed by atoms with Gasteiger partial charge in [0.25, 0.3) is 0 Å². The minimum Gasteiger partial charge on any atom is -0.325 e. The minimum absolute atomic E-state index is 0.0136. The predicted octanol–water partition coefficient (Wildman–Crippen LogP) is 6.94. The van der Waals surface area contributed by atoms with Crippen molar-refractivity contribution in [3.05, 3.63) is 70.3 Å². The van der Waals surface area contributed by atoms with Crippen LogP contribution < -0.4 is 5.32 Å². The van der Waals surface area contributed by atoms with Crippen molar-refractivity contribution in [2.45, 2.75) is 30.5 Å². The molecule has 4 rings (SSSR count). The molecule has 1 unspecified atom stereocenters. The lowest BCUT2D eigenvalue weighted by molar-refractivity contribution is -0.115. The van der Waals surface area contributed by atoms with Crippen LogP contribution in [0.3, 0.4) is 0 Å². The van der Waals surface area contributed by atoms with Crippen LogP contribution >= 0.6 is 39.0 Å². The number of thiophene rings is 1. The Bertz CT molecular complexity index is 1190. The van der Waals surface area contributed by atoms with Crippen molar-refractivity contribution >= 4 is 60.8 Å². The molecule has 2 heterocycles. The third-order valence-corrected chi connectivity index (χ3v) is 7.47. The van der Waals surface area contributed by atoms with Gasteiger partial charge in [-0.25, -0.2) is 9.97 Å². The first-order valence-electron chi connectivity index (χ1n) is 9.57. The van der Waals surface area contributed by atoms with Crippen LogP contribution in [-0.2, 0) is 4.79 Å². The molecular weight excluding hydrogens is 478 g/mol. The third kappa shape index (κ3) is 4.58. The van der Waals surface area contributed by atoms with Gasteiger partial charge >= 0.3 is 0 Å². The summed E-state index contributed by atoms with van der Waals surface area (Å²) in [6.45, 7) is 4.04. The summed E-state index contributed by atoms with van der Waals surface area (Å²) in [6, 6.07) is 16.1. The van der Waals surface area contributed by atoms with Crippen LogP contribution in [0.15, 0.2) is 69.7 Å². The summed E-state index contributed by atoms with van der Waals surface area (Å²) in [7, 11) is 0. The molecule has 0 aliphatic heterocycles. The standard InChI is InChI=1S/C23H20BrN3OS2/c1-3-19(21(28)27-17-6-4-5-14(2)11-17)30-23-20-18(12-29-22(20)25-13-26-23)15-7-9-16(24)10-8-15/h4-13,19H,3H2,1-2H3,(H,27,28). The average molecular weight is 498 g/mol. The first-order chi connectivity index (χ1) is 14.5. The van der Waals surface area contributed by atoms with Crippen LogP contribution in [0, 0.1) is 6.92 Å². The second-order valence-electron chi connectivity index (χ2n) is 6.89. The molecule has 2 aromatic heterocycles. The van der Waals surface area contributed by atoms with E-state index in [-0.39, 0.29) is 11.2 Å². The van der Waals surface area contributed by atoms with Gasteiger partial charge in [0, 0.05) is 21.1 Å². The summed E-state index contributed by atoms with van der Waals surface area (Å²) in [5.74, 6) is -0.0136. The molecule has 0 bridgehead atoms. The maximum atomic E-state index is 12.9. The van der Waals surface area contributed by atoms with Crippen LogP contribution in [0.5, 0.6) is 0 Å². The summed E-state index contributed by atoms with van der Waals surface area (Å²) in [6.07, 6.45) is 2.28. The summed E-state index contributed by atoms with van der Waals surface area (Å²) in [4.78, 5) is 22.9. The van der Waals surface area contributed by atoms with E-state index in [0.29, 0.717) is 6.42 Å². The van der Waals surface area contributed by atoms with E-state index < -0.39 is 0 Å². The van der Waals surface area contributed by atoms with E-state index in [1.54, 1.807) is 17.7 Å². The average Bonchev–Trinajstić information content (AvgIpc) is 3.17. The van der Waals surface area contributed by atoms with Crippen molar-refractivity contribution in [3.8, 4) is 11.1 Å². The van der Waals surface area contributed by atoms with Crippen molar-refractivity contribution in [1.82, 2.24) is 9.97 Å². The molecule has 1 amide bonds. The Morgan fingerprint density at radius 3 is 2.73 bits per heavy atom. The first-order valence-corrected chi connectivity index (χ1v) is 12.1. The van der Waals surface area contributed by atoms with Gasteiger partial charge in [-0.15, -0.1) is 11.3 Å². The van der Waals surface area contributed by atoms with Crippen LogP contribution in [0.4, 0.5) is 5.69 Å². The summed E-state index contributed by atoms with van der Waals surface area (Å²) >= 11 is 6.59. The minimum atomic E-state index is -0.249. The number of nitrogens with one attached hydrogen (secondary N) is 1. The Labute approximate surface area is 192 Å². The Kier molecular flexibility index (Phi) is 6.51. The van der Waals surface area contributed by atoms with Gasteiger partial charge in [0.15, 0.2) is 0 Å². The van der Waals surface area contributed by atoms with Crippen LogP contribution in [-0.4, -0.2) is 21.1 Å². The number of hydrogen-bond acceptors (Lipinski definition) is 5. The van der Waals surface area contributed by atoms with Gasteiger partial charge in [0.1, 0.15) is 16.2 Å². The smallest absolute Gasteiger partial charge is 0.237 e. The summed E-state index contributed by atoms with van der Waals surface area (Å²) in [5, 5.41) is 6.75. The Morgan fingerprint density at radius 2 is 2.00 bits per heavy atom. The van der Waals surface area contributed by atoms with E-state index in [9.17, 15) is 4.79 Å². The number of carbonyl (C=O) groups is 1. The fourth-order valence-corrected chi connectivity index (χ4v) is 5.46. The number of thioether (sulfide) groups is 1. The second kappa shape index (κ2) is 9.29. The quantitative estimate of drug-likeness (QED) is 0.231. The van der Waals surface area contributed by atoms with E-state index in [2.05, 4.69) is 48.7 Å². The number of aryl methyl sites for hydroxylation is 1. The Hall–Kier alpha value is -2.22. The highest BCUT2D eigenvalue weighted by Crippen LogP contribution is 2.39. The number of rotatable bonds is 6. The van der Waals surface area contributed by atoms with Crippen molar-refractivity contribution < 1.29 is 4.79 Å². The van der Waals surface area contributed by atoms with Crippen LogP contribution in [0.25, 0.3) is 21.3 Å². The van der Waals surface area contributed by atoms with E-state index in [4.69, 9.17) is 0 Å². The number of fused-ring (bicyclic) bond motifs is 1. The van der Waals surface area contributed by atoms with E-state index in [1.165, 1.54) is 11.8 Å². The zero-order valence-corrected chi connectivity index (χ0v) is 19.8.